The maximum absolute atomic E-state index is 9.92. The molecule has 0 aromatic heterocycles. The van der Waals surface area contributed by atoms with Gasteiger partial charge in [0.2, 0.25) is 0 Å². The standard InChI is InChI=1S/C12H19NO2/c1-11(2,14)12(3,4)15-10-7-5-6-9(13)8-10/h5-8,14H,13H2,1-4H3. The van der Waals surface area contributed by atoms with Crippen LogP contribution in [-0.4, -0.2) is 16.3 Å². The zero-order chi connectivity index (χ0) is 11.7. The third-order valence-corrected chi connectivity index (χ3v) is 2.70. The highest BCUT2D eigenvalue weighted by Crippen LogP contribution is 2.28. The Morgan fingerprint density at radius 2 is 1.80 bits per heavy atom. The lowest BCUT2D eigenvalue weighted by molar-refractivity contribution is -0.0906. The van der Waals surface area contributed by atoms with Crippen molar-refractivity contribution in [3.63, 3.8) is 0 Å². The fourth-order valence-electron chi connectivity index (χ4n) is 0.998. The zero-order valence-corrected chi connectivity index (χ0v) is 9.74. The molecule has 0 aliphatic rings. The van der Waals surface area contributed by atoms with Gasteiger partial charge in [0.1, 0.15) is 11.4 Å². The van der Waals surface area contributed by atoms with E-state index in [4.69, 9.17) is 10.5 Å². The number of rotatable bonds is 3. The van der Waals surface area contributed by atoms with Crippen LogP contribution in [0.3, 0.4) is 0 Å². The summed E-state index contributed by atoms with van der Waals surface area (Å²) >= 11 is 0. The minimum absolute atomic E-state index is 0.652. The van der Waals surface area contributed by atoms with E-state index in [9.17, 15) is 5.11 Å². The van der Waals surface area contributed by atoms with Gasteiger partial charge in [-0.2, -0.15) is 0 Å². The first-order chi connectivity index (χ1) is 6.72. The predicted molar refractivity (Wildman–Crippen MR) is 61.9 cm³/mol. The van der Waals surface area contributed by atoms with Crippen molar-refractivity contribution < 1.29 is 9.84 Å². The summed E-state index contributed by atoms with van der Waals surface area (Å²) in [6, 6.07) is 7.19. The van der Waals surface area contributed by atoms with E-state index in [-0.39, 0.29) is 0 Å². The van der Waals surface area contributed by atoms with Crippen LogP contribution in [0.15, 0.2) is 24.3 Å². The van der Waals surface area contributed by atoms with Gasteiger partial charge >= 0.3 is 0 Å². The smallest absolute Gasteiger partial charge is 0.131 e. The van der Waals surface area contributed by atoms with E-state index < -0.39 is 11.2 Å². The van der Waals surface area contributed by atoms with Crippen LogP contribution in [0.5, 0.6) is 5.75 Å². The van der Waals surface area contributed by atoms with Gasteiger partial charge < -0.3 is 15.6 Å². The number of nitrogens with two attached hydrogens (primary N) is 1. The number of hydrogen-bond acceptors (Lipinski definition) is 3. The van der Waals surface area contributed by atoms with Crippen molar-refractivity contribution in [3.05, 3.63) is 24.3 Å². The molecule has 1 aromatic rings. The van der Waals surface area contributed by atoms with Crippen molar-refractivity contribution in [1.29, 1.82) is 0 Å². The van der Waals surface area contributed by atoms with Crippen LogP contribution in [-0.2, 0) is 0 Å². The Hall–Kier alpha value is -1.22. The summed E-state index contributed by atoms with van der Waals surface area (Å²) in [5.41, 5.74) is 4.71. The zero-order valence-electron chi connectivity index (χ0n) is 9.74. The third-order valence-electron chi connectivity index (χ3n) is 2.70. The third kappa shape index (κ3) is 2.86. The Morgan fingerprint density at radius 3 is 2.27 bits per heavy atom. The van der Waals surface area contributed by atoms with Crippen molar-refractivity contribution in [2.45, 2.75) is 38.9 Å². The van der Waals surface area contributed by atoms with Gasteiger partial charge in [-0.1, -0.05) is 6.07 Å². The maximum atomic E-state index is 9.92. The number of aliphatic hydroxyl groups is 1. The highest BCUT2D eigenvalue weighted by atomic mass is 16.5. The first-order valence-electron chi connectivity index (χ1n) is 4.99. The Morgan fingerprint density at radius 1 is 1.20 bits per heavy atom. The summed E-state index contributed by atoms with van der Waals surface area (Å²) in [5.74, 6) is 0.669. The second-order valence-electron chi connectivity index (χ2n) is 4.74. The lowest BCUT2D eigenvalue weighted by Crippen LogP contribution is -2.49. The number of ether oxygens (including phenoxy) is 1. The highest BCUT2D eigenvalue weighted by Gasteiger charge is 2.37. The fraction of sp³-hybridized carbons (Fsp3) is 0.500. The molecule has 0 unspecified atom stereocenters. The molecule has 0 amide bonds. The molecule has 0 aliphatic heterocycles. The van der Waals surface area contributed by atoms with E-state index in [1.54, 1.807) is 26.0 Å². The van der Waals surface area contributed by atoms with Gasteiger partial charge in [-0.15, -0.1) is 0 Å². The van der Waals surface area contributed by atoms with E-state index in [1.807, 2.05) is 26.0 Å². The van der Waals surface area contributed by atoms with Crippen molar-refractivity contribution in [1.82, 2.24) is 0 Å². The van der Waals surface area contributed by atoms with Gasteiger partial charge in [0.25, 0.3) is 0 Å². The van der Waals surface area contributed by atoms with Crippen LogP contribution < -0.4 is 10.5 Å². The molecule has 15 heavy (non-hydrogen) atoms. The molecule has 3 heteroatoms. The molecule has 0 bridgehead atoms. The van der Waals surface area contributed by atoms with Crippen LogP contribution in [0.4, 0.5) is 5.69 Å². The average molecular weight is 209 g/mol. The molecule has 0 aliphatic carbocycles. The van der Waals surface area contributed by atoms with Crippen LogP contribution in [0.2, 0.25) is 0 Å². The van der Waals surface area contributed by atoms with Crippen molar-refractivity contribution in [2.75, 3.05) is 5.73 Å². The molecule has 84 valence electrons. The lowest BCUT2D eigenvalue weighted by Gasteiger charge is -2.37. The van der Waals surface area contributed by atoms with Crippen LogP contribution in [0.25, 0.3) is 0 Å². The molecule has 3 nitrogen and oxygen atoms in total. The van der Waals surface area contributed by atoms with E-state index in [0.29, 0.717) is 11.4 Å². The summed E-state index contributed by atoms with van der Waals surface area (Å²) in [6.45, 7) is 7.13. The molecule has 0 saturated carbocycles. The minimum Gasteiger partial charge on any atom is -0.485 e. The van der Waals surface area contributed by atoms with Gasteiger partial charge in [-0.3, -0.25) is 0 Å². The summed E-state index contributed by atoms with van der Waals surface area (Å²) in [7, 11) is 0. The Balaban J connectivity index is 2.87. The number of benzene rings is 1. The number of anilines is 1. The van der Waals surface area contributed by atoms with Crippen LogP contribution >= 0.6 is 0 Å². The van der Waals surface area contributed by atoms with Gasteiger partial charge in [-0.05, 0) is 39.8 Å². The van der Waals surface area contributed by atoms with E-state index in [2.05, 4.69) is 0 Å². The first kappa shape index (κ1) is 11.9. The molecule has 0 radical (unpaired) electrons. The van der Waals surface area contributed by atoms with Crippen molar-refractivity contribution >= 4 is 5.69 Å². The molecule has 0 atom stereocenters. The molecular weight excluding hydrogens is 190 g/mol. The number of hydrogen-bond donors (Lipinski definition) is 2. The van der Waals surface area contributed by atoms with Crippen molar-refractivity contribution in [3.8, 4) is 5.75 Å². The highest BCUT2D eigenvalue weighted by molar-refractivity contribution is 5.43. The van der Waals surface area contributed by atoms with E-state index >= 15 is 0 Å². The molecule has 0 spiro atoms. The maximum Gasteiger partial charge on any atom is 0.131 e. The quantitative estimate of drug-likeness (QED) is 0.750. The molecular formula is C12H19NO2. The monoisotopic (exact) mass is 209 g/mol. The topological polar surface area (TPSA) is 55.5 Å². The van der Waals surface area contributed by atoms with Crippen LogP contribution in [0, 0.1) is 0 Å². The minimum atomic E-state index is -0.919. The second kappa shape index (κ2) is 3.74. The molecule has 3 N–H and O–H groups in total. The number of nitrogen functional groups attached to an aromatic ring is 1. The van der Waals surface area contributed by atoms with Gasteiger partial charge in [0.05, 0.1) is 5.60 Å². The average Bonchev–Trinajstić information content (AvgIpc) is 2.00. The van der Waals surface area contributed by atoms with Gasteiger partial charge in [0.15, 0.2) is 0 Å². The van der Waals surface area contributed by atoms with E-state index in [1.165, 1.54) is 0 Å². The van der Waals surface area contributed by atoms with Gasteiger partial charge in [0, 0.05) is 11.8 Å². The first-order valence-corrected chi connectivity index (χ1v) is 4.99. The molecule has 0 heterocycles. The fourth-order valence-corrected chi connectivity index (χ4v) is 0.998. The summed E-state index contributed by atoms with van der Waals surface area (Å²) in [4.78, 5) is 0. The predicted octanol–water partition coefficient (Wildman–Crippen LogP) is 2.20. The molecule has 0 saturated heterocycles. The van der Waals surface area contributed by atoms with Crippen molar-refractivity contribution in [2.24, 2.45) is 0 Å². The SMILES string of the molecule is CC(C)(O)C(C)(C)Oc1cccc(N)c1. The Bertz CT molecular complexity index is 340. The largest absolute Gasteiger partial charge is 0.485 e. The van der Waals surface area contributed by atoms with Crippen LogP contribution in [0.1, 0.15) is 27.7 Å². The summed E-state index contributed by atoms with van der Waals surface area (Å²) in [6.07, 6.45) is 0. The lowest BCUT2D eigenvalue weighted by atomic mass is 9.89. The van der Waals surface area contributed by atoms with E-state index in [0.717, 1.165) is 0 Å². The second-order valence-corrected chi connectivity index (χ2v) is 4.74. The summed E-state index contributed by atoms with van der Waals surface area (Å²) in [5, 5.41) is 9.92. The normalized spacial score (nSPS) is 12.6. The molecule has 0 fully saturated rings. The Labute approximate surface area is 90.9 Å². The van der Waals surface area contributed by atoms with Gasteiger partial charge in [-0.25, -0.2) is 0 Å². The summed E-state index contributed by atoms with van der Waals surface area (Å²) < 4.78 is 5.72. The Kier molecular flexibility index (Phi) is 2.95. The molecule has 1 rings (SSSR count). The molecule has 1 aromatic carbocycles.